The zero-order valence-electron chi connectivity index (χ0n) is 9.99. The molecule has 1 aliphatic heterocycles. The fraction of sp³-hybridized carbons (Fsp3) is 0.462. The summed E-state index contributed by atoms with van der Waals surface area (Å²) in [7, 11) is 0. The fourth-order valence-electron chi connectivity index (χ4n) is 2.53. The molecule has 1 amide bonds. The molecule has 98 valence electrons. The Morgan fingerprint density at radius 2 is 2.06 bits per heavy atom. The van der Waals surface area contributed by atoms with E-state index in [-0.39, 0.29) is 23.9 Å². The van der Waals surface area contributed by atoms with E-state index >= 15 is 0 Å². The van der Waals surface area contributed by atoms with Crippen molar-refractivity contribution in [2.45, 2.75) is 18.4 Å². The zero-order chi connectivity index (χ0) is 11.9. The largest absolute Gasteiger partial charge is 0.330 e. The maximum atomic E-state index is 12.6. The average Bonchev–Trinajstić information content (AvgIpc) is 3.10. The second-order valence-corrected chi connectivity index (χ2v) is 6.00. The van der Waals surface area contributed by atoms with Crippen molar-refractivity contribution < 1.29 is 4.79 Å². The van der Waals surface area contributed by atoms with E-state index in [0.717, 1.165) is 41.6 Å². The summed E-state index contributed by atoms with van der Waals surface area (Å²) < 4.78 is 1.05. The average molecular weight is 379 g/mol. The summed E-state index contributed by atoms with van der Waals surface area (Å²) >= 11 is 2.24. The van der Waals surface area contributed by atoms with E-state index in [1.165, 1.54) is 0 Å². The first-order chi connectivity index (χ1) is 8.23. The lowest BCUT2D eigenvalue weighted by molar-refractivity contribution is 0.0599. The monoisotopic (exact) mass is 378 g/mol. The number of piperazine rings is 1. The van der Waals surface area contributed by atoms with Crippen molar-refractivity contribution in [1.29, 1.82) is 0 Å². The molecule has 1 saturated heterocycles. The number of rotatable bonds is 1. The van der Waals surface area contributed by atoms with Crippen LogP contribution in [0.3, 0.4) is 0 Å². The second kappa shape index (κ2) is 5.35. The van der Waals surface area contributed by atoms with Gasteiger partial charge in [-0.3, -0.25) is 4.79 Å². The molecular formula is C13H16ClIN2O. The van der Waals surface area contributed by atoms with Gasteiger partial charge >= 0.3 is 0 Å². The van der Waals surface area contributed by atoms with Gasteiger partial charge in [0.15, 0.2) is 0 Å². The smallest absolute Gasteiger partial charge is 0.255 e. The van der Waals surface area contributed by atoms with Gasteiger partial charge in [0.2, 0.25) is 0 Å². The minimum Gasteiger partial charge on any atom is -0.330 e. The van der Waals surface area contributed by atoms with Crippen molar-refractivity contribution in [3.63, 3.8) is 0 Å². The zero-order valence-corrected chi connectivity index (χ0v) is 13.0. The van der Waals surface area contributed by atoms with Crippen molar-refractivity contribution in [2.75, 3.05) is 19.6 Å². The number of hydrogen-bond donors (Lipinski definition) is 1. The maximum absolute atomic E-state index is 12.6. The van der Waals surface area contributed by atoms with Gasteiger partial charge in [-0.1, -0.05) is 12.1 Å². The molecule has 0 unspecified atom stereocenters. The van der Waals surface area contributed by atoms with E-state index in [1.54, 1.807) is 0 Å². The van der Waals surface area contributed by atoms with Gasteiger partial charge in [-0.15, -0.1) is 12.4 Å². The molecule has 18 heavy (non-hydrogen) atoms. The lowest BCUT2D eigenvalue weighted by atomic mass is 10.1. The predicted octanol–water partition coefficient (Wildman–Crippen LogP) is 2.29. The Balaban J connectivity index is 0.00000120. The summed E-state index contributed by atoms with van der Waals surface area (Å²) in [5.41, 5.74) is 0.982. The molecule has 1 aromatic rings. The third kappa shape index (κ3) is 2.38. The van der Waals surface area contributed by atoms with Gasteiger partial charge in [0.1, 0.15) is 0 Å². The van der Waals surface area contributed by atoms with Gasteiger partial charge < -0.3 is 10.2 Å². The van der Waals surface area contributed by atoms with Crippen molar-refractivity contribution in [3.05, 3.63) is 33.4 Å². The van der Waals surface area contributed by atoms with Crippen molar-refractivity contribution >= 4 is 40.9 Å². The highest BCUT2D eigenvalue weighted by Crippen LogP contribution is 2.43. The van der Waals surface area contributed by atoms with Gasteiger partial charge in [0.05, 0.1) is 11.1 Å². The number of carbonyl (C=O) groups excluding carboxylic acids is 1. The molecule has 1 N–H and O–H groups in total. The number of benzene rings is 1. The van der Waals surface area contributed by atoms with Crippen LogP contribution < -0.4 is 5.32 Å². The molecule has 1 spiro atoms. The third-order valence-corrected chi connectivity index (χ3v) is 4.66. The summed E-state index contributed by atoms with van der Waals surface area (Å²) in [6, 6.07) is 7.85. The SMILES string of the molecule is Cl.O=C(c1ccccc1I)N1CCNCC12CC2. The molecule has 3 nitrogen and oxygen atoms in total. The second-order valence-electron chi connectivity index (χ2n) is 4.84. The predicted molar refractivity (Wildman–Crippen MR) is 82.3 cm³/mol. The Hall–Kier alpha value is -0.330. The van der Waals surface area contributed by atoms with Gasteiger partial charge in [-0.2, -0.15) is 0 Å². The van der Waals surface area contributed by atoms with Crippen LogP contribution in [0.5, 0.6) is 0 Å². The minimum atomic E-state index is 0. The summed E-state index contributed by atoms with van der Waals surface area (Å²) in [5.74, 6) is 0.203. The van der Waals surface area contributed by atoms with E-state index in [2.05, 4.69) is 32.8 Å². The van der Waals surface area contributed by atoms with Crippen LogP contribution in [0, 0.1) is 3.57 Å². The molecule has 0 bridgehead atoms. The number of amides is 1. The van der Waals surface area contributed by atoms with E-state index < -0.39 is 0 Å². The highest BCUT2D eigenvalue weighted by atomic mass is 127. The summed E-state index contributed by atoms with van der Waals surface area (Å²) in [4.78, 5) is 14.7. The minimum absolute atomic E-state index is 0. The molecule has 1 aliphatic carbocycles. The molecule has 2 fully saturated rings. The summed E-state index contributed by atoms with van der Waals surface area (Å²) in [6.07, 6.45) is 2.30. The van der Waals surface area contributed by atoms with Crippen LogP contribution in [0.2, 0.25) is 0 Å². The van der Waals surface area contributed by atoms with E-state index in [1.807, 2.05) is 24.3 Å². The van der Waals surface area contributed by atoms with Gasteiger partial charge in [-0.05, 0) is 47.6 Å². The van der Waals surface area contributed by atoms with Gasteiger partial charge in [0.25, 0.3) is 5.91 Å². The molecule has 3 rings (SSSR count). The normalized spacial score (nSPS) is 20.4. The van der Waals surface area contributed by atoms with E-state index in [9.17, 15) is 4.79 Å². The van der Waals surface area contributed by atoms with Crippen molar-refractivity contribution in [1.82, 2.24) is 10.2 Å². The van der Waals surface area contributed by atoms with Crippen LogP contribution in [-0.4, -0.2) is 36.0 Å². The summed E-state index contributed by atoms with van der Waals surface area (Å²) in [6.45, 7) is 2.71. The number of halogens is 2. The molecule has 2 aliphatic rings. The van der Waals surface area contributed by atoms with Crippen LogP contribution in [0.4, 0.5) is 0 Å². The molecule has 0 aromatic heterocycles. The Morgan fingerprint density at radius 1 is 1.33 bits per heavy atom. The maximum Gasteiger partial charge on any atom is 0.255 e. The highest BCUT2D eigenvalue weighted by Gasteiger charge is 2.51. The first-order valence-corrected chi connectivity index (χ1v) is 7.08. The fourth-order valence-corrected chi connectivity index (χ4v) is 3.15. The van der Waals surface area contributed by atoms with Crippen LogP contribution in [-0.2, 0) is 0 Å². The molecular weight excluding hydrogens is 363 g/mol. The van der Waals surface area contributed by atoms with Crippen LogP contribution in [0.1, 0.15) is 23.2 Å². The Morgan fingerprint density at radius 3 is 2.72 bits per heavy atom. The lowest BCUT2D eigenvalue weighted by Crippen LogP contribution is -2.55. The lowest BCUT2D eigenvalue weighted by Gasteiger charge is -2.37. The Bertz CT molecular complexity index is 462. The molecule has 1 aromatic carbocycles. The molecule has 1 saturated carbocycles. The highest BCUT2D eigenvalue weighted by molar-refractivity contribution is 14.1. The molecule has 0 atom stereocenters. The first kappa shape index (κ1) is 14.1. The van der Waals surface area contributed by atoms with Crippen LogP contribution >= 0.6 is 35.0 Å². The van der Waals surface area contributed by atoms with Crippen LogP contribution in [0.25, 0.3) is 0 Å². The molecule has 5 heteroatoms. The Kier molecular flexibility index (Phi) is 4.18. The third-order valence-electron chi connectivity index (χ3n) is 3.72. The number of nitrogens with zero attached hydrogens (tertiary/aromatic N) is 1. The van der Waals surface area contributed by atoms with E-state index in [0.29, 0.717) is 0 Å². The standard InChI is InChI=1S/C13H15IN2O.ClH/c14-11-4-2-1-3-10(11)12(17)16-8-7-15-9-13(16)5-6-13;/h1-4,15H,5-9H2;1H. The molecule has 1 heterocycles. The molecule has 0 radical (unpaired) electrons. The Labute approximate surface area is 127 Å². The van der Waals surface area contributed by atoms with Gasteiger partial charge in [0, 0.05) is 23.2 Å². The quantitative estimate of drug-likeness (QED) is 0.761. The number of hydrogen-bond acceptors (Lipinski definition) is 2. The van der Waals surface area contributed by atoms with E-state index in [4.69, 9.17) is 0 Å². The summed E-state index contributed by atoms with van der Waals surface area (Å²) in [5, 5.41) is 3.39. The number of nitrogens with one attached hydrogen (secondary N) is 1. The van der Waals surface area contributed by atoms with Crippen LogP contribution in [0.15, 0.2) is 24.3 Å². The van der Waals surface area contributed by atoms with Crippen molar-refractivity contribution in [3.8, 4) is 0 Å². The number of carbonyl (C=O) groups is 1. The van der Waals surface area contributed by atoms with Gasteiger partial charge in [-0.25, -0.2) is 0 Å². The topological polar surface area (TPSA) is 32.3 Å². The first-order valence-electron chi connectivity index (χ1n) is 6.00. The van der Waals surface area contributed by atoms with Crippen molar-refractivity contribution in [2.24, 2.45) is 0 Å².